The topological polar surface area (TPSA) is 46.0 Å². The van der Waals surface area contributed by atoms with E-state index in [2.05, 4.69) is 9.97 Å². The molecule has 0 bridgehead atoms. The Labute approximate surface area is 98.6 Å². The molecular formula is C12H12N2OS. The first-order chi connectivity index (χ1) is 7.63. The Hall–Kier alpha value is -1.55. The fraction of sp³-hybridized carbons (Fsp3) is 0.167. The second kappa shape index (κ2) is 4.53. The lowest BCUT2D eigenvalue weighted by Crippen LogP contribution is -1.92. The third kappa shape index (κ3) is 2.73. The first-order valence-electron chi connectivity index (χ1n) is 4.92. The first-order valence-corrected chi connectivity index (χ1v) is 5.74. The zero-order valence-electron chi connectivity index (χ0n) is 9.14. The lowest BCUT2D eigenvalue weighted by molar-refractivity contribution is 0.475. The third-order valence-corrected chi connectivity index (χ3v) is 2.88. The molecule has 0 aliphatic heterocycles. The van der Waals surface area contributed by atoms with E-state index >= 15 is 0 Å². The number of hydrogen-bond acceptors (Lipinski definition) is 4. The predicted octanol–water partition coefficient (Wildman–Crippen LogP) is 2.95. The van der Waals surface area contributed by atoms with Crippen LogP contribution in [0.25, 0.3) is 0 Å². The molecule has 0 saturated carbocycles. The van der Waals surface area contributed by atoms with Crippen LogP contribution in [-0.4, -0.2) is 15.1 Å². The van der Waals surface area contributed by atoms with Crippen molar-refractivity contribution < 1.29 is 5.11 Å². The molecule has 1 heterocycles. The van der Waals surface area contributed by atoms with Crippen molar-refractivity contribution in [2.24, 2.45) is 0 Å². The molecule has 1 N–H and O–H groups in total. The molecule has 3 nitrogen and oxygen atoms in total. The maximum absolute atomic E-state index is 9.17. The van der Waals surface area contributed by atoms with E-state index in [0.29, 0.717) is 0 Å². The zero-order valence-corrected chi connectivity index (χ0v) is 9.95. The Morgan fingerprint density at radius 2 is 1.56 bits per heavy atom. The molecule has 4 heteroatoms. The van der Waals surface area contributed by atoms with Crippen LogP contribution in [0, 0.1) is 13.8 Å². The predicted molar refractivity (Wildman–Crippen MR) is 63.7 cm³/mol. The number of nitrogens with zero attached hydrogens (tertiary/aromatic N) is 2. The summed E-state index contributed by atoms with van der Waals surface area (Å²) < 4.78 is 0. The zero-order chi connectivity index (χ0) is 11.5. The van der Waals surface area contributed by atoms with Crippen molar-refractivity contribution in [1.82, 2.24) is 9.97 Å². The van der Waals surface area contributed by atoms with Crippen molar-refractivity contribution in [3.05, 3.63) is 41.7 Å². The van der Waals surface area contributed by atoms with Crippen LogP contribution in [0.4, 0.5) is 0 Å². The second-order valence-electron chi connectivity index (χ2n) is 3.53. The largest absolute Gasteiger partial charge is 0.508 e. The summed E-state index contributed by atoms with van der Waals surface area (Å²) in [6.07, 6.45) is 0. The smallest absolute Gasteiger partial charge is 0.192 e. The Balaban J connectivity index is 2.23. The molecule has 0 radical (unpaired) electrons. The van der Waals surface area contributed by atoms with Crippen LogP contribution in [0.15, 0.2) is 40.4 Å². The lowest BCUT2D eigenvalue weighted by atomic mass is 10.3. The van der Waals surface area contributed by atoms with Gasteiger partial charge in [-0.1, -0.05) is 0 Å². The number of aromatic hydroxyl groups is 1. The summed E-state index contributed by atoms with van der Waals surface area (Å²) in [5.41, 5.74) is 1.93. The van der Waals surface area contributed by atoms with Crippen LogP contribution in [-0.2, 0) is 0 Å². The van der Waals surface area contributed by atoms with Crippen LogP contribution in [0.3, 0.4) is 0 Å². The van der Waals surface area contributed by atoms with Gasteiger partial charge < -0.3 is 5.11 Å². The van der Waals surface area contributed by atoms with Crippen LogP contribution < -0.4 is 0 Å². The van der Waals surface area contributed by atoms with Gasteiger partial charge >= 0.3 is 0 Å². The van der Waals surface area contributed by atoms with Crippen LogP contribution in [0.2, 0.25) is 0 Å². The van der Waals surface area contributed by atoms with E-state index in [-0.39, 0.29) is 5.75 Å². The van der Waals surface area contributed by atoms with Gasteiger partial charge in [0.25, 0.3) is 0 Å². The standard InChI is InChI=1S/C12H12N2OS/c1-8-7-9(2)14-12(13-8)16-11-5-3-10(15)4-6-11/h3-7,15H,1-2H3. The molecule has 1 aromatic heterocycles. The number of benzene rings is 1. The molecule has 2 rings (SSSR count). The molecule has 2 aromatic rings. The Bertz CT molecular complexity index is 477. The van der Waals surface area contributed by atoms with Gasteiger partial charge in [-0.05, 0) is 55.9 Å². The minimum absolute atomic E-state index is 0.269. The summed E-state index contributed by atoms with van der Waals surface area (Å²) in [6, 6.07) is 8.96. The van der Waals surface area contributed by atoms with Gasteiger partial charge in [-0.15, -0.1) is 0 Å². The number of aromatic nitrogens is 2. The molecule has 82 valence electrons. The molecule has 16 heavy (non-hydrogen) atoms. The van der Waals surface area contributed by atoms with E-state index in [1.807, 2.05) is 32.0 Å². The summed E-state index contributed by atoms with van der Waals surface area (Å²) in [5.74, 6) is 0.269. The van der Waals surface area contributed by atoms with Gasteiger partial charge in [-0.3, -0.25) is 0 Å². The quantitative estimate of drug-likeness (QED) is 0.809. The lowest BCUT2D eigenvalue weighted by Gasteiger charge is -2.02. The van der Waals surface area contributed by atoms with E-state index < -0.39 is 0 Å². The highest BCUT2D eigenvalue weighted by Crippen LogP contribution is 2.26. The van der Waals surface area contributed by atoms with E-state index in [9.17, 15) is 5.11 Å². The monoisotopic (exact) mass is 232 g/mol. The fourth-order valence-electron chi connectivity index (χ4n) is 1.36. The van der Waals surface area contributed by atoms with Gasteiger partial charge in [-0.2, -0.15) is 0 Å². The maximum atomic E-state index is 9.17. The van der Waals surface area contributed by atoms with Crippen LogP contribution in [0.1, 0.15) is 11.4 Å². The minimum Gasteiger partial charge on any atom is -0.508 e. The average molecular weight is 232 g/mol. The van der Waals surface area contributed by atoms with Gasteiger partial charge in [0.2, 0.25) is 0 Å². The highest BCUT2D eigenvalue weighted by atomic mass is 32.2. The summed E-state index contributed by atoms with van der Waals surface area (Å²) in [6.45, 7) is 3.91. The van der Waals surface area contributed by atoms with Crippen molar-refractivity contribution in [3.63, 3.8) is 0 Å². The van der Waals surface area contributed by atoms with Gasteiger partial charge in [0.05, 0.1) is 0 Å². The number of rotatable bonds is 2. The van der Waals surface area contributed by atoms with Crippen molar-refractivity contribution in [3.8, 4) is 5.75 Å². The van der Waals surface area contributed by atoms with Crippen LogP contribution >= 0.6 is 11.8 Å². The fourth-order valence-corrected chi connectivity index (χ4v) is 2.22. The second-order valence-corrected chi connectivity index (χ2v) is 4.57. The molecular weight excluding hydrogens is 220 g/mol. The Morgan fingerprint density at radius 3 is 2.12 bits per heavy atom. The number of aryl methyl sites for hydroxylation is 2. The SMILES string of the molecule is Cc1cc(C)nc(Sc2ccc(O)cc2)n1. The van der Waals surface area contributed by atoms with E-state index in [1.165, 1.54) is 11.8 Å². The summed E-state index contributed by atoms with van der Waals surface area (Å²) in [4.78, 5) is 9.70. The molecule has 0 atom stereocenters. The van der Waals surface area contributed by atoms with Gasteiger partial charge in [0.15, 0.2) is 5.16 Å². The van der Waals surface area contributed by atoms with Crippen molar-refractivity contribution in [2.75, 3.05) is 0 Å². The highest BCUT2D eigenvalue weighted by molar-refractivity contribution is 7.99. The van der Waals surface area contributed by atoms with E-state index in [4.69, 9.17) is 0 Å². The molecule has 0 amide bonds. The Kier molecular flexibility index (Phi) is 3.10. The third-order valence-electron chi connectivity index (χ3n) is 2.01. The Morgan fingerprint density at radius 1 is 1.00 bits per heavy atom. The number of hydrogen-bond donors (Lipinski definition) is 1. The average Bonchev–Trinajstić information content (AvgIpc) is 2.20. The normalized spacial score (nSPS) is 10.4. The van der Waals surface area contributed by atoms with Crippen molar-refractivity contribution >= 4 is 11.8 Å². The molecule has 1 aromatic carbocycles. The van der Waals surface area contributed by atoms with Gasteiger partial charge in [0, 0.05) is 16.3 Å². The van der Waals surface area contributed by atoms with Crippen molar-refractivity contribution in [1.29, 1.82) is 0 Å². The van der Waals surface area contributed by atoms with Gasteiger partial charge in [0.1, 0.15) is 5.75 Å². The molecule has 0 spiro atoms. The molecule has 0 saturated heterocycles. The van der Waals surface area contributed by atoms with Crippen LogP contribution in [0.5, 0.6) is 5.75 Å². The summed E-state index contributed by atoms with van der Waals surface area (Å²) in [7, 11) is 0. The highest BCUT2D eigenvalue weighted by Gasteiger charge is 2.02. The first kappa shape index (κ1) is 11.0. The van der Waals surface area contributed by atoms with E-state index in [0.717, 1.165) is 21.4 Å². The molecule has 0 aliphatic carbocycles. The summed E-state index contributed by atoms with van der Waals surface area (Å²) >= 11 is 1.49. The van der Waals surface area contributed by atoms with Gasteiger partial charge in [-0.25, -0.2) is 9.97 Å². The molecule has 0 unspecified atom stereocenters. The minimum atomic E-state index is 0.269. The van der Waals surface area contributed by atoms with Crippen molar-refractivity contribution in [2.45, 2.75) is 23.9 Å². The molecule has 0 fully saturated rings. The summed E-state index contributed by atoms with van der Waals surface area (Å²) in [5, 5.41) is 9.91. The maximum Gasteiger partial charge on any atom is 0.192 e. The number of phenols is 1. The number of phenolic OH excluding ortho intramolecular Hbond substituents is 1. The van der Waals surface area contributed by atoms with E-state index in [1.54, 1.807) is 12.1 Å². The molecule has 0 aliphatic rings.